The molecular weight excluding hydrogens is 171 g/mol. The summed E-state index contributed by atoms with van der Waals surface area (Å²) in [6.45, 7) is 0. The van der Waals surface area contributed by atoms with Gasteiger partial charge in [0.2, 0.25) is 0 Å². The van der Waals surface area contributed by atoms with Gasteiger partial charge in [0.15, 0.2) is 5.65 Å². The largest absolute Gasteiger partial charge is 0.291 e. The summed E-state index contributed by atoms with van der Waals surface area (Å²) in [4.78, 5) is 13.6. The van der Waals surface area contributed by atoms with Crippen LogP contribution in [0.15, 0.2) is 12.3 Å². The summed E-state index contributed by atoms with van der Waals surface area (Å²) in [6, 6.07) is 1.33. The van der Waals surface area contributed by atoms with Crippen molar-refractivity contribution in [2.75, 3.05) is 0 Å². The van der Waals surface area contributed by atoms with Crippen LogP contribution in [0.5, 0.6) is 0 Å². The maximum absolute atomic E-state index is 10.4. The number of H-pyrrole nitrogens is 1. The van der Waals surface area contributed by atoms with Gasteiger partial charge < -0.3 is 0 Å². The molecule has 0 fully saturated rings. The van der Waals surface area contributed by atoms with Crippen molar-refractivity contribution < 1.29 is 4.92 Å². The minimum Gasteiger partial charge on any atom is -0.291 e. The van der Waals surface area contributed by atoms with Crippen LogP contribution in [0.3, 0.4) is 0 Å². The molecule has 62 valence electrons. The molecule has 2 aromatic rings. The van der Waals surface area contributed by atoms with Crippen molar-refractivity contribution >= 4 is 30.2 Å². The van der Waals surface area contributed by atoms with E-state index in [0.717, 1.165) is 6.20 Å². The topological polar surface area (TPSA) is 84.7 Å². The summed E-state index contributed by atoms with van der Waals surface area (Å²) >= 11 is 0. The van der Waals surface area contributed by atoms with Crippen LogP contribution in [0.4, 0.5) is 5.69 Å². The van der Waals surface area contributed by atoms with Crippen LogP contribution in [-0.4, -0.2) is 28.0 Å². The summed E-state index contributed by atoms with van der Waals surface area (Å²) in [7, 11) is 5.46. The fraction of sp³-hybridized carbons (Fsp3) is 0. The standard InChI is InChI=1S/C6H3BN4O2/c7-5-4-1-3(11(12)13)2-8-6(4)10-9-5/h1-2H,(H,8,9,10). The summed E-state index contributed by atoms with van der Waals surface area (Å²) in [5, 5.41) is 17.1. The molecule has 0 aromatic carbocycles. The Balaban J connectivity index is 2.72. The van der Waals surface area contributed by atoms with Crippen molar-refractivity contribution in [2.45, 2.75) is 0 Å². The van der Waals surface area contributed by atoms with Crippen LogP contribution in [0, 0.1) is 10.1 Å². The molecule has 13 heavy (non-hydrogen) atoms. The van der Waals surface area contributed by atoms with Gasteiger partial charge in [0.05, 0.1) is 4.92 Å². The van der Waals surface area contributed by atoms with Gasteiger partial charge in [0, 0.05) is 11.5 Å². The van der Waals surface area contributed by atoms with Gasteiger partial charge in [-0.05, 0) is 5.59 Å². The number of nitrogens with one attached hydrogen (secondary N) is 1. The maximum Gasteiger partial charge on any atom is 0.288 e. The van der Waals surface area contributed by atoms with E-state index in [9.17, 15) is 10.1 Å². The number of nitro groups is 1. The van der Waals surface area contributed by atoms with E-state index in [1.165, 1.54) is 6.07 Å². The number of rotatable bonds is 1. The Morgan fingerprint density at radius 2 is 2.38 bits per heavy atom. The van der Waals surface area contributed by atoms with Crippen molar-refractivity contribution in [3.63, 3.8) is 0 Å². The van der Waals surface area contributed by atoms with Gasteiger partial charge in [-0.1, -0.05) is 0 Å². The van der Waals surface area contributed by atoms with Crippen molar-refractivity contribution in [1.82, 2.24) is 15.2 Å². The van der Waals surface area contributed by atoms with Crippen molar-refractivity contribution in [3.05, 3.63) is 22.4 Å². The Kier molecular flexibility index (Phi) is 1.51. The first-order valence-corrected chi connectivity index (χ1v) is 3.42. The zero-order valence-electron chi connectivity index (χ0n) is 6.39. The highest BCUT2D eigenvalue weighted by Gasteiger charge is 2.09. The highest BCUT2D eigenvalue weighted by atomic mass is 16.6. The molecule has 1 N–H and O–H groups in total. The number of aromatic nitrogens is 3. The summed E-state index contributed by atoms with van der Waals surface area (Å²) < 4.78 is 0. The molecule has 2 radical (unpaired) electrons. The molecule has 0 saturated carbocycles. The fourth-order valence-electron chi connectivity index (χ4n) is 1.01. The van der Waals surface area contributed by atoms with E-state index in [2.05, 4.69) is 15.2 Å². The van der Waals surface area contributed by atoms with Gasteiger partial charge in [0.1, 0.15) is 14.0 Å². The molecule has 2 aromatic heterocycles. The van der Waals surface area contributed by atoms with Crippen molar-refractivity contribution in [3.8, 4) is 0 Å². The van der Waals surface area contributed by atoms with Gasteiger partial charge in [-0.15, -0.1) is 0 Å². The lowest BCUT2D eigenvalue weighted by atomic mass is 10.0. The number of hydrogen-bond acceptors (Lipinski definition) is 4. The van der Waals surface area contributed by atoms with Gasteiger partial charge in [-0.2, -0.15) is 5.10 Å². The molecule has 0 unspecified atom stereocenters. The molecule has 2 heterocycles. The molecule has 7 heteroatoms. The molecular formula is C6H3BN4O2. The van der Waals surface area contributed by atoms with Crippen LogP contribution >= 0.6 is 0 Å². The summed E-state index contributed by atoms with van der Waals surface area (Å²) in [6.07, 6.45) is 1.14. The van der Waals surface area contributed by atoms with Crippen LogP contribution in [0.2, 0.25) is 0 Å². The third-order valence-electron chi connectivity index (χ3n) is 1.64. The lowest BCUT2D eigenvalue weighted by molar-refractivity contribution is -0.385. The molecule has 0 bridgehead atoms. The van der Waals surface area contributed by atoms with E-state index < -0.39 is 4.92 Å². The second-order valence-electron chi connectivity index (χ2n) is 2.46. The number of nitrogens with zero attached hydrogens (tertiary/aromatic N) is 3. The van der Waals surface area contributed by atoms with E-state index in [1.54, 1.807) is 0 Å². The zero-order chi connectivity index (χ0) is 9.42. The van der Waals surface area contributed by atoms with E-state index in [1.807, 2.05) is 0 Å². The van der Waals surface area contributed by atoms with Crippen LogP contribution in [-0.2, 0) is 0 Å². The molecule has 0 atom stereocenters. The third-order valence-corrected chi connectivity index (χ3v) is 1.64. The predicted octanol–water partition coefficient (Wildman–Crippen LogP) is -0.340. The Labute approximate surface area is 73.5 Å². The van der Waals surface area contributed by atoms with Crippen LogP contribution in [0.25, 0.3) is 11.0 Å². The van der Waals surface area contributed by atoms with E-state index in [-0.39, 0.29) is 11.3 Å². The highest BCUT2D eigenvalue weighted by molar-refractivity contribution is 6.36. The fourth-order valence-corrected chi connectivity index (χ4v) is 1.01. The number of fused-ring (bicyclic) bond motifs is 1. The molecule has 0 saturated heterocycles. The molecule has 0 amide bonds. The normalized spacial score (nSPS) is 10.5. The monoisotopic (exact) mass is 174 g/mol. The average Bonchev–Trinajstić information content (AvgIpc) is 2.47. The Morgan fingerprint density at radius 1 is 1.62 bits per heavy atom. The minimum absolute atomic E-state index is 0.0967. The minimum atomic E-state index is -0.529. The Hall–Kier alpha value is -1.92. The average molecular weight is 174 g/mol. The molecule has 0 aliphatic heterocycles. The second-order valence-corrected chi connectivity index (χ2v) is 2.46. The molecule has 0 spiro atoms. The molecule has 0 aliphatic rings. The highest BCUT2D eigenvalue weighted by Crippen LogP contribution is 2.13. The quantitative estimate of drug-likeness (QED) is 0.364. The SMILES string of the molecule is [B]c1[nH]nc2ncc([N+](=O)[O-])cc12. The van der Waals surface area contributed by atoms with E-state index in [0.29, 0.717) is 11.0 Å². The first kappa shape index (κ1) is 7.72. The van der Waals surface area contributed by atoms with Crippen molar-refractivity contribution in [1.29, 1.82) is 0 Å². The first-order valence-electron chi connectivity index (χ1n) is 3.42. The lowest BCUT2D eigenvalue weighted by Crippen LogP contribution is -2.03. The number of hydrogen-bond donors (Lipinski definition) is 1. The number of pyridine rings is 1. The Morgan fingerprint density at radius 3 is 3.08 bits per heavy atom. The number of aromatic amines is 1. The zero-order valence-corrected chi connectivity index (χ0v) is 6.39. The summed E-state index contributed by atoms with van der Waals surface area (Å²) in [5.74, 6) is 0. The van der Waals surface area contributed by atoms with Gasteiger partial charge in [-0.25, -0.2) is 4.98 Å². The first-order chi connectivity index (χ1) is 6.18. The Bertz CT molecular complexity index is 480. The summed E-state index contributed by atoms with van der Waals surface area (Å²) in [5.41, 5.74) is 0.565. The van der Waals surface area contributed by atoms with Gasteiger partial charge in [-0.3, -0.25) is 15.2 Å². The molecule has 6 nitrogen and oxygen atoms in total. The van der Waals surface area contributed by atoms with Crippen molar-refractivity contribution in [2.24, 2.45) is 0 Å². The predicted molar refractivity (Wildman–Crippen MR) is 45.9 cm³/mol. The second kappa shape index (κ2) is 2.54. The van der Waals surface area contributed by atoms with Gasteiger partial charge in [0.25, 0.3) is 5.69 Å². The molecule has 2 rings (SSSR count). The molecule has 0 aliphatic carbocycles. The maximum atomic E-state index is 10.4. The van der Waals surface area contributed by atoms with Crippen LogP contribution < -0.4 is 5.59 Å². The van der Waals surface area contributed by atoms with Gasteiger partial charge >= 0.3 is 0 Å². The van der Waals surface area contributed by atoms with Crippen LogP contribution in [0.1, 0.15) is 0 Å². The van der Waals surface area contributed by atoms with E-state index >= 15 is 0 Å². The third kappa shape index (κ3) is 1.14. The lowest BCUT2D eigenvalue weighted by Gasteiger charge is -1.90. The smallest absolute Gasteiger partial charge is 0.288 e. The van der Waals surface area contributed by atoms with E-state index in [4.69, 9.17) is 7.85 Å².